The van der Waals surface area contributed by atoms with E-state index in [0.717, 1.165) is 16.8 Å². The van der Waals surface area contributed by atoms with E-state index in [0.29, 0.717) is 0 Å². The van der Waals surface area contributed by atoms with Crippen LogP contribution in [-0.2, 0) is 24.5 Å². The number of rotatable bonds is 3. The SMILES string of the molecule is CC1(C)OC(=O)C(=CNc2ccc(-c3ccc(C(C)(C)C)cc3)cc2)C(=O)O1. The van der Waals surface area contributed by atoms with E-state index in [-0.39, 0.29) is 11.0 Å². The Balaban J connectivity index is 1.71. The van der Waals surface area contributed by atoms with Crippen molar-refractivity contribution in [2.45, 2.75) is 45.8 Å². The third-order valence-corrected chi connectivity index (χ3v) is 4.47. The highest BCUT2D eigenvalue weighted by Crippen LogP contribution is 2.27. The molecule has 0 aromatic heterocycles. The fraction of sp³-hybridized carbons (Fsp3) is 0.304. The summed E-state index contributed by atoms with van der Waals surface area (Å²) in [6.07, 6.45) is 1.31. The number of esters is 2. The number of nitrogens with one attached hydrogen (secondary N) is 1. The van der Waals surface area contributed by atoms with Crippen LogP contribution in [0, 0.1) is 0 Å². The Hall–Kier alpha value is -3.08. The number of hydrogen-bond donors (Lipinski definition) is 1. The first-order chi connectivity index (χ1) is 13.0. The molecule has 5 heteroatoms. The van der Waals surface area contributed by atoms with Gasteiger partial charge < -0.3 is 14.8 Å². The lowest BCUT2D eigenvalue weighted by atomic mass is 9.86. The third-order valence-electron chi connectivity index (χ3n) is 4.47. The van der Waals surface area contributed by atoms with Crippen molar-refractivity contribution >= 4 is 17.6 Å². The van der Waals surface area contributed by atoms with Gasteiger partial charge in [-0.05, 0) is 34.2 Å². The molecule has 0 radical (unpaired) electrons. The molecule has 0 spiro atoms. The molecule has 2 aromatic carbocycles. The fourth-order valence-electron chi connectivity index (χ4n) is 2.86. The topological polar surface area (TPSA) is 64.6 Å². The first-order valence-electron chi connectivity index (χ1n) is 9.19. The number of cyclic esters (lactones) is 2. The van der Waals surface area contributed by atoms with Gasteiger partial charge >= 0.3 is 11.9 Å². The van der Waals surface area contributed by atoms with Crippen LogP contribution in [0.25, 0.3) is 11.1 Å². The minimum Gasteiger partial charge on any atom is -0.419 e. The summed E-state index contributed by atoms with van der Waals surface area (Å²) in [6, 6.07) is 16.2. The zero-order chi connectivity index (χ0) is 20.5. The molecular formula is C23H25NO4. The summed E-state index contributed by atoms with van der Waals surface area (Å²) >= 11 is 0. The number of ether oxygens (including phenoxy) is 2. The molecule has 0 amide bonds. The predicted molar refractivity (Wildman–Crippen MR) is 109 cm³/mol. The fourth-order valence-corrected chi connectivity index (χ4v) is 2.86. The average molecular weight is 379 g/mol. The molecule has 1 aliphatic rings. The Labute approximate surface area is 165 Å². The first kappa shape index (κ1) is 19.7. The number of hydrogen-bond acceptors (Lipinski definition) is 5. The van der Waals surface area contributed by atoms with Crippen LogP contribution in [-0.4, -0.2) is 17.7 Å². The van der Waals surface area contributed by atoms with Crippen molar-refractivity contribution in [3.05, 3.63) is 65.9 Å². The molecule has 0 bridgehead atoms. The van der Waals surface area contributed by atoms with Crippen molar-refractivity contribution in [3.8, 4) is 11.1 Å². The molecule has 3 rings (SSSR count). The van der Waals surface area contributed by atoms with Crippen molar-refractivity contribution in [3.63, 3.8) is 0 Å². The molecule has 146 valence electrons. The predicted octanol–water partition coefficient (Wildman–Crippen LogP) is 4.78. The molecule has 1 N–H and O–H groups in total. The van der Waals surface area contributed by atoms with Gasteiger partial charge in [-0.3, -0.25) is 0 Å². The Morgan fingerprint density at radius 2 is 1.29 bits per heavy atom. The molecule has 28 heavy (non-hydrogen) atoms. The molecule has 0 unspecified atom stereocenters. The molecular weight excluding hydrogens is 354 g/mol. The number of anilines is 1. The molecule has 1 heterocycles. The summed E-state index contributed by atoms with van der Waals surface area (Å²) in [4.78, 5) is 23.9. The molecule has 1 fully saturated rings. The highest BCUT2D eigenvalue weighted by atomic mass is 16.7. The van der Waals surface area contributed by atoms with Crippen LogP contribution in [0.4, 0.5) is 5.69 Å². The quantitative estimate of drug-likeness (QED) is 0.472. The smallest absolute Gasteiger partial charge is 0.350 e. The molecule has 1 aliphatic heterocycles. The highest BCUT2D eigenvalue weighted by Gasteiger charge is 2.38. The van der Waals surface area contributed by atoms with E-state index in [1.807, 2.05) is 24.3 Å². The summed E-state index contributed by atoms with van der Waals surface area (Å²) in [5, 5.41) is 2.95. The Morgan fingerprint density at radius 3 is 1.75 bits per heavy atom. The zero-order valence-electron chi connectivity index (χ0n) is 16.8. The van der Waals surface area contributed by atoms with Crippen LogP contribution in [0.15, 0.2) is 60.3 Å². The van der Waals surface area contributed by atoms with E-state index in [1.165, 1.54) is 25.6 Å². The van der Waals surface area contributed by atoms with Gasteiger partial charge in [0.25, 0.3) is 5.79 Å². The second-order valence-electron chi connectivity index (χ2n) is 8.29. The molecule has 0 aliphatic carbocycles. The van der Waals surface area contributed by atoms with Gasteiger partial charge in [0.05, 0.1) is 0 Å². The summed E-state index contributed by atoms with van der Waals surface area (Å²) in [6.45, 7) is 9.60. The van der Waals surface area contributed by atoms with E-state index in [9.17, 15) is 9.59 Å². The minimum absolute atomic E-state index is 0.121. The summed E-state index contributed by atoms with van der Waals surface area (Å²) in [7, 11) is 0. The monoisotopic (exact) mass is 379 g/mol. The van der Waals surface area contributed by atoms with Crippen LogP contribution in [0.2, 0.25) is 0 Å². The van der Waals surface area contributed by atoms with Gasteiger partial charge in [-0.25, -0.2) is 9.59 Å². The molecule has 1 saturated heterocycles. The van der Waals surface area contributed by atoms with Crippen molar-refractivity contribution < 1.29 is 19.1 Å². The lowest BCUT2D eigenvalue weighted by Crippen LogP contribution is -2.42. The van der Waals surface area contributed by atoms with Crippen LogP contribution in [0.5, 0.6) is 0 Å². The standard InChI is InChI=1S/C23H25NO4/c1-22(2,3)17-10-6-15(7-11-17)16-8-12-18(13-9-16)24-14-19-20(25)27-23(4,5)28-21(19)26/h6-14,24H,1-5H3. The van der Waals surface area contributed by atoms with E-state index < -0.39 is 17.7 Å². The van der Waals surface area contributed by atoms with Gasteiger partial charge in [0.15, 0.2) is 5.57 Å². The second kappa shape index (κ2) is 7.15. The van der Waals surface area contributed by atoms with Crippen molar-refractivity contribution in [1.82, 2.24) is 0 Å². The summed E-state index contributed by atoms with van der Waals surface area (Å²) in [5.74, 6) is -2.65. The van der Waals surface area contributed by atoms with Crippen LogP contribution in [0.3, 0.4) is 0 Å². The zero-order valence-corrected chi connectivity index (χ0v) is 16.8. The van der Waals surface area contributed by atoms with Gasteiger partial charge in [0.1, 0.15) is 0 Å². The summed E-state index contributed by atoms with van der Waals surface area (Å²) < 4.78 is 10.1. The maximum absolute atomic E-state index is 11.9. The Bertz CT molecular complexity index is 895. The maximum Gasteiger partial charge on any atom is 0.350 e. The largest absolute Gasteiger partial charge is 0.419 e. The minimum atomic E-state index is -1.24. The number of carbonyl (C=O) groups excluding carboxylic acids is 2. The van der Waals surface area contributed by atoms with Gasteiger partial charge in [0.2, 0.25) is 0 Å². The van der Waals surface area contributed by atoms with E-state index in [4.69, 9.17) is 9.47 Å². The van der Waals surface area contributed by atoms with Crippen LogP contribution in [0.1, 0.15) is 40.2 Å². The van der Waals surface area contributed by atoms with Crippen molar-refractivity contribution in [2.24, 2.45) is 0 Å². The first-order valence-corrected chi connectivity index (χ1v) is 9.19. The van der Waals surface area contributed by atoms with E-state index >= 15 is 0 Å². The second-order valence-corrected chi connectivity index (χ2v) is 8.29. The Morgan fingerprint density at radius 1 is 0.821 bits per heavy atom. The maximum atomic E-state index is 11.9. The average Bonchev–Trinajstić information content (AvgIpc) is 2.60. The van der Waals surface area contributed by atoms with Crippen LogP contribution >= 0.6 is 0 Å². The van der Waals surface area contributed by atoms with Gasteiger partial charge in [-0.2, -0.15) is 0 Å². The van der Waals surface area contributed by atoms with Crippen molar-refractivity contribution in [2.75, 3.05) is 5.32 Å². The molecule has 0 atom stereocenters. The Kier molecular flexibility index (Phi) is 5.02. The van der Waals surface area contributed by atoms with E-state index in [2.05, 4.69) is 50.4 Å². The normalized spacial score (nSPS) is 16.2. The number of carbonyl (C=O) groups is 2. The molecule has 5 nitrogen and oxygen atoms in total. The number of benzene rings is 2. The lowest BCUT2D eigenvalue weighted by molar-refractivity contribution is -0.222. The van der Waals surface area contributed by atoms with E-state index in [1.54, 1.807) is 0 Å². The lowest BCUT2D eigenvalue weighted by Gasteiger charge is -2.29. The van der Waals surface area contributed by atoms with Gasteiger partial charge in [0, 0.05) is 25.7 Å². The molecule has 0 saturated carbocycles. The van der Waals surface area contributed by atoms with Crippen LogP contribution < -0.4 is 5.32 Å². The highest BCUT2D eigenvalue weighted by molar-refractivity contribution is 6.15. The van der Waals surface area contributed by atoms with Gasteiger partial charge in [-0.1, -0.05) is 57.2 Å². The summed E-state index contributed by atoms with van der Waals surface area (Å²) in [5.41, 5.74) is 4.19. The van der Waals surface area contributed by atoms with Crippen molar-refractivity contribution in [1.29, 1.82) is 0 Å². The molecule has 2 aromatic rings. The van der Waals surface area contributed by atoms with Gasteiger partial charge in [-0.15, -0.1) is 0 Å². The third kappa shape index (κ3) is 4.42.